The summed E-state index contributed by atoms with van der Waals surface area (Å²) in [6.07, 6.45) is -0.242. The van der Waals surface area contributed by atoms with E-state index in [-0.39, 0.29) is 0 Å². The molecular weight excluding hydrogens is 256 g/mol. The molecule has 0 aromatic carbocycles. The van der Waals surface area contributed by atoms with Gasteiger partial charge in [0.25, 0.3) is 0 Å². The molecule has 2 heterocycles. The molecule has 1 aliphatic rings. The van der Waals surface area contributed by atoms with Crippen LogP contribution >= 0.6 is 11.3 Å². The topological polar surface area (TPSA) is 98.7 Å². The highest BCUT2D eigenvalue weighted by molar-refractivity contribution is 7.10. The Hall–Kier alpha value is -1.44. The van der Waals surface area contributed by atoms with Crippen LogP contribution in [-0.4, -0.2) is 40.8 Å². The Bertz CT molecular complexity index is 434. The Labute approximate surface area is 108 Å². The lowest BCUT2D eigenvalue weighted by Gasteiger charge is -2.16. The van der Waals surface area contributed by atoms with E-state index in [0.29, 0.717) is 17.8 Å². The van der Waals surface area contributed by atoms with Gasteiger partial charge in [0.2, 0.25) is 5.91 Å². The van der Waals surface area contributed by atoms with Gasteiger partial charge in [-0.25, -0.2) is 4.79 Å². The van der Waals surface area contributed by atoms with Gasteiger partial charge in [-0.3, -0.25) is 4.79 Å². The molecule has 2 rings (SSSR count). The van der Waals surface area contributed by atoms with E-state index in [4.69, 9.17) is 5.11 Å². The van der Waals surface area contributed by atoms with Crippen LogP contribution in [-0.2, 0) is 9.59 Å². The number of rotatable bonds is 4. The fraction of sp³-hybridized carbons (Fsp3) is 0.455. The van der Waals surface area contributed by atoms with Gasteiger partial charge in [0.1, 0.15) is 0 Å². The van der Waals surface area contributed by atoms with Crippen LogP contribution in [0.2, 0.25) is 0 Å². The number of aliphatic hydroxyl groups excluding tert-OH is 1. The number of nitrogens with one attached hydrogen (secondary N) is 2. The van der Waals surface area contributed by atoms with E-state index in [1.54, 1.807) is 17.5 Å². The molecule has 0 bridgehead atoms. The molecule has 1 saturated heterocycles. The number of hydrogen-bond acceptors (Lipinski definition) is 5. The molecule has 6 nitrogen and oxygen atoms in total. The minimum atomic E-state index is -1.09. The summed E-state index contributed by atoms with van der Waals surface area (Å²) >= 11 is 1.28. The van der Waals surface area contributed by atoms with Crippen LogP contribution in [0.5, 0.6) is 0 Å². The van der Waals surface area contributed by atoms with E-state index >= 15 is 0 Å². The lowest BCUT2D eigenvalue weighted by atomic mass is 10.1. The molecule has 7 heteroatoms. The summed E-state index contributed by atoms with van der Waals surface area (Å²) in [5.74, 6) is -1.49. The van der Waals surface area contributed by atoms with Gasteiger partial charge < -0.3 is 20.8 Å². The zero-order valence-electron chi connectivity index (χ0n) is 9.50. The molecular formula is C11H14N2O4S. The number of aliphatic carboxylic acids is 1. The molecule has 1 fully saturated rings. The number of amides is 1. The maximum Gasteiger partial charge on any atom is 0.331 e. The van der Waals surface area contributed by atoms with E-state index in [0.717, 1.165) is 0 Å². The number of thiophene rings is 1. The van der Waals surface area contributed by atoms with Crippen LogP contribution < -0.4 is 10.6 Å². The van der Waals surface area contributed by atoms with Crippen LogP contribution in [0.4, 0.5) is 0 Å². The summed E-state index contributed by atoms with van der Waals surface area (Å²) in [6.45, 7) is 0.356. The predicted octanol–water partition coefficient (Wildman–Crippen LogP) is -0.287. The number of carboxylic acid groups (broad SMARTS) is 1. The normalized spacial score (nSPS) is 24.7. The zero-order valence-corrected chi connectivity index (χ0v) is 10.3. The molecule has 18 heavy (non-hydrogen) atoms. The number of carbonyl (C=O) groups excluding carboxylic acids is 1. The van der Waals surface area contributed by atoms with Crippen LogP contribution in [0.3, 0.4) is 0 Å². The average molecular weight is 270 g/mol. The molecule has 3 unspecified atom stereocenters. The second-order valence-corrected chi connectivity index (χ2v) is 5.12. The maximum atomic E-state index is 11.9. The second kappa shape index (κ2) is 5.47. The summed E-state index contributed by atoms with van der Waals surface area (Å²) in [5, 5.41) is 25.5. The van der Waals surface area contributed by atoms with Crippen molar-refractivity contribution in [3.63, 3.8) is 0 Å². The second-order valence-electron chi connectivity index (χ2n) is 4.15. The number of carbonyl (C=O) groups is 2. The van der Waals surface area contributed by atoms with Crippen molar-refractivity contribution in [3.05, 3.63) is 22.4 Å². The number of β-amino-alcohol motifs (C(OH)–C–C–N with tert-alkyl or cyclic N) is 1. The van der Waals surface area contributed by atoms with Crippen molar-refractivity contribution >= 4 is 23.2 Å². The van der Waals surface area contributed by atoms with Crippen molar-refractivity contribution in [3.8, 4) is 0 Å². The van der Waals surface area contributed by atoms with Crippen LogP contribution in [0, 0.1) is 0 Å². The molecule has 0 radical (unpaired) electrons. The fourth-order valence-corrected chi connectivity index (χ4v) is 2.64. The highest BCUT2D eigenvalue weighted by Gasteiger charge is 2.31. The maximum absolute atomic E-state index is 11.9. The highest BCUT2D eigenvalue weighted by atomic mass is 32.1. The zero-order chi connectivity index (χ0) is 13.1. The summed E-state index contributed by atoms with van der Waals surface area (Å²) in [5.41, 5.74) is 0. The van der Waals surface area contributed by atoms with Gasteiger partial charge in [0.05, 0.1) is 12.1 Å². The largest absolute Gasteiger partial charge is 0.479 e. The number of hydrogen-bond donors (Lipinski definition) is 4. The lowest BCUT2D eigenvalue weighted by Crippen LogP contribution is -2.43. The van der Waals surface area contributed by atoms with E-state index in [1.165, 1.54) is 11.3 Å². The van der Waals surface area contributed by atoms with Gasteiger partial charge in [-0.1, -0.05) is 6.07 Å². The van der Waals surface area contributed by atoms with Gasteiger partial charge in [-0.2, -0.15) is 0 Å². The Balaban J connectivity index is 2.01. The summed E-state index contributed by atoms with van der Waals surface area (Å²) in [4.78, 5) is 23.6. The van der Waals surface area contributed by atoms with Gasteiger partial charge in [-0.15, -0.1) is 11.3 Å². The Morgan fingerprint density at radius 2 is 2.33 bits per heavy atom. The SMILES string of the molecule is O=C(NC(C(=O)O)c1cccs1)C1CC(O)CN1. The monoisotopic (exact) mass is 270 g/mol. The molecule has 98 valence electrons. The van der Waals surface area contributed by atoms with Gasteiger partial charge >= 0.3 is 5.97 Å². The van der Waals surface area contributed by atoms with Crippen molar-refractivity contribution in [1.29, 1.82) is 0 Å². The fourth-order valence-electron chi connectivity index (χ4n) is 1.87. The van der Waals surface area contributed by atoms with E-state index in [2.05, 4.69) is 10.6 Å². The summed E-state index contributed by atoms with van der Waals surface area (Å²) in [7, 11) is 0. The lowest BCUT2D eigenvalue weighted by molar-refractivity contribution is -0.142. The molecule has 1 aliphatic heterocycles. The third-order valence-electron chi connectivity index (χ3n) is 2.79. The van der Waals surface area contributed by atoms with Crippen molar-refractivity contribution in [2.75, 3.05) is 6.54 Å². The number of carboxylic acids is 1. The molecule has 1 amide bonds. The van der Waals surface area contributed by atoms with Gasteiger partial charge in [0, 0.05) is 11.4 Å². The highest BCUT2D eigenvalue weighted by Crippen LogP contribution is 2.19. The minimum Gasteiger partial charge on any atom is -0.479 e. The van der Waals surface area contributed by atoms with Crippen LogP contribution in [0.25, 0.3) is 0 Å². The standard InChI is InChI=1S/C11H14N2O4S/c14-6-4-7(12-5-6)10(15)13-9(11(16)17)8-2-1-3-18-8/h1-3,6-7,9,12,14H,4-5H2,(H,13,15)(H,16,17). The third kappa shape index (κ3) is 2.87. The molecule has 0 aliphatic carbocycles. The third-order valence-corrected chi connectivity index (χ3v) is 3.72. The van der Waals surface area contributed by atoms with Crippen molar-refractivity contribution in [1.82, 2.24) is 10.6 Å². The molecule has 0 spiro atoms. The first-order valence-electron chi connectivity index (χ1n) is 5.56. The smallest absolute Gasteiger partial charge is 0.331 e. The Morgan fingerprint density at radius 3 is 2.83 bits per heavy atom. The Morgan fingerprint density at radius 1 is 1.56 bits per heavy atom. The first-order valence-corrected chi connectivity index (χ1v) is 6.44. The molecule has 4 N–H and O–H groups in total. The average Bonchev–Trinajstić information content (AvgIpc) is 2.95. The first kappa shape index (κ1) is 13.0. The molecule has 0 saturated carbocycles. The van der Waals surface area contributed by atoms with Crippen molar-refractivity contribution in [2.45, 2.75) is 24.6 Å². The van der Waals surface area contributed by atoms with E-state index in [9.17, 15) is 14.7 Å². The van der Waals surface area contributed by atoms with Gasteiger partial charge in [0.15, 0.2) is 6.04 Å². The Kier molecular flexibility index (Phi) is 3.95. The number of aliphatic hydroxyl groups is 1. The molecule has 1 aromatic rings. The van der Waals surface area contributed by atoms with Gasteiger partial charge in [-0.05, 0) is 17.9 Å². The van der Waals surface area contributed by atoms with Crippen molar-refractivity contribution < 1.29 is 19.8 Å². The quantitative estimate of drug-likeness (QED) is 0.603. The van der Waals surface area contributed by atoms with E-state index in [1.807, 2.05) is 0 Å². The van der Waals surface area contributed by atoms with Crippen LogP contribution in [0.1, 0.15) is 17.3 Å². The minimum absolute atomic E-state index is 0.308. The summed E-state index contributed by atoms with van der Waals surface area (Å²) in [6, 6.07) is 1.85. The molecule has 3 atom stereocenters. The first-order chi connectivity index (χ1) is 8.58. The van der Waals surface area contributed by atoms with E-state index < -0.39 is 30.1 Å². The van der Waals surface area contributed by atoms with Crippen LogP contribution in [0.15, 0.2) is 17.5 Å². The summed E-state index contributed by atoms with van der Waals surface area (Å²) < 4.78 is 0. The molecule has 1 aromatic heterocycles. The predicted molar refractivity (Wildman–Crippen MR) is 65.3 cm³/mol. The van der Waals surface area contributed by atoms with Crippen molar-refractivity contribution in [2.24, 2.45) is 0 Å².